The molecule has 2 atom stereocenters. The highest BCUT2D eigenvalue weighted by Gasteiger charge is 2.19. The van der Waals surface area contributed by atoms with E-state index in [1.54, 1.807) is 7.11 Å². The Morgan fingerprint density at radius 1 is 1.17 bits per heavy atom. The Bertz CT molecular complexity index is 667. The van der Waals surface area contributed by atoms with Gasteiger partial charge in [-0.25, -0.2) is 0 Å². The molecule has 4 heteroatoms. The van der Waals surface area contributed by atoms with Gasteiger partial charge in [0.05, 0.1) is 19.1 Å². The number of amides is 1. The number of rotatable bonds is 7. The molecule has 0 bridgehead atoms. The molecule has 0 aliphatic rings. The summed E-state index contributed by atoms with van der Waals surface area (Å²) in [5.74, 6) is 0.457. The Kier molecular flexibility index (Phi) is 6.38. The van der Waals surface area contributed by atoms with E-state index in [2.05, 4.69) is 5.32 Å². The van der Waals surface area contributed by atoms with E-state index < -0.39 is 6.10 Å². The van der Waals surface area contributed by atoms with Crippen LogP contribution in [-0.2, 0) is 4.79 Å². The normalized spacial score (nSPS) is 13.2. The fourth-order valence-electron chi connectivity index (χ4n) is 2.72. The molecular formula is C20H25NO3. The van der Waals surface area contributed by atoms with Crippen LogP contribution in [0.15, 0.2) is 48.5 Å². The summed E-state index contributed by atoms with van der Waals surface area (Å²) < 4.78 is 5.15. The number of hydrogen-bond acceptors (Lipinski definition) is 3. The van der Waals surface area contributed by atoms with Crippen molar-refractivity contribution in [2.45, 2.75) is 32.3 Å². The van der Waals surface area contributed by atoms with Gasteiger partial charge in [-0.05, 0) is 36.6 Å². The van der Waals surface area contributed by atoms with E-state index in [0.29, 0.717) is 6.42 Å². The van der Waals surface area contributed by atoms with Crippen molar-refractivity contribution in [2.75, 3.05) is 13.7 Å². The molecule has 0 aliphatic carbocycles. The van der Waals surface area contributed by atoms with Crippen LogP contribution in [-0.4, -0.2) is 24.7 Å². The van der Waals surface area contributed by atoms with Gasteiger partial charge < -0.3 is 15.2 Å². The van der Waals surface area contributed by atoms with Crippen molar-refractivity contribution in [3.05, 3.63) is 65.2 Å². The highest BCUT2D eigenvalue weighted by atomic mass is 16.5. The lowest BCUT2D eigenvalue weighted by Crippen LogP contribution is -2.32. The van der Waals surface area contributed by atoms with Gasteiger partial charge >= 0.3 is 0 Å². The molecule has 0 radical (unpaired) electrons. The molecule has 0 aromatic heterocycles. The molecule has 0 spiro atoms. The van der Waals surface area contributed by atoms with Crippen molar-refractivity contribution >= 4 is 5.91 Å². The van der Waals surface area contributed by atoms with E-state index >= 15 is 0 Å². The Morgan fingerprint density at radius 3 is 2.46 bits per heavy atom. The number of ether oxygens (including phenoxy) is 1. The first-order valence-corrected chi connectivity index (χ1v) is 8.21. The second-order valence-corrected chi connectivity index (χ2v) is 5.91. The van der Waals surface area contributed by atoms with E-state index in [-0.39, 0.29) is 18.4 Å². The van der Waals surface area contributed by atoms with Crippen molar-refractivity contribution < 1.29 is 14.6 Å². The average molecular weight is 327 g/mol. The van der Waals surface area contributed by atoms with Gasteiger partial charge in [0.15, 0.2) is 0 Å². The van der Waals surface area contributed by atoms with Crippen LogP contribution in [0, 0.1) is 6.92 Å². The standard InChI is InChI=1S/C20H25NO3/c1-4-18(15-8-10-17(24-3)11-9-15)20(23)21-13-19(22)16-7-5-6-14(2)12-16/h5-12,18-19,22H,4,13H2,1-3H3,(H,21,23). The van der Waals surface area contributed by atoms with Crippen molar-refractivity contribution in [3.63, 3.8) is 0 Å². The van der Waals surface area contributed by atoms with E-state index in [1.165, 1.54) is 0 Å². The first-order valence-electron chi connectivity index (χ1n) is 8.21. The molecular weight excluding hydrogens is 302 g/mol. The highest BCUT2D eigenvalue weighted by Crippen LogP contribution is 2.23. The topological polar surface area (TPSA) is 58.6 Å². The van der Waals surface area contributed by atoms with Crippen LogP contribution in [0.4, 0.5) is 0 Å². The summed E-state index contributed by atoms with van der Waals surface area (Å²) >= 11 is 0. The Hall–Kier alpha value is -2.33. The minimum atomic E-state index is -0.706. The average Bonchev–Trinajstić information content (AvgIpc) is 2.61. The van der Waals surface area contributed by atoms with Crippen LogP contribution in [0.1, 0.15) is 42.1 Å². The number of carbonyl (C=O) groups excluding carboxylic acids is 1. The van der Waals surface area contributed by atoms with Gasteiger partial charge in [0, 0.05) is 6.54 Å². The smallest absolute Gasteiger partial charge is 0.227 e. The fraction of sp³-hybridized carbons (Fsp3) is 0.350. The second-order valence-electron chi connectivity index (χ2n) is 5.91. The predicted octanol–water partition coefficient (Wildman–Crippen LogP) is 3.35. The second kappa shape index (κ2) is 8.50. The van der Waals surface area contributed by atoms with E-state index in [9.17, 15) is 9.90 Å². The molecule has 24 heavy (non-hydrogen) atoms. The predicted molar refractivity (Wildman–Crippen MR) is 95.2 cm³/mol. The van der Waals surface area contributed by atoms with Gasteiger partial charge in [-0.2, -0.15) is 0 Å². The van der Waals surface area contributed by atoms with Crippen molar-refractivity contribution in [2.24, 2.45) is 0 Å². The third-order valence-electron chi connectivity index (χ3n) is 4.14. The van der Waals surface area contributed by atoms with Crippen LogP contribution >= 0.6 is 0 Å². The van der Waals surface area contributed by atoms with Crippen LogP contribution in [0.5, 0.6) is 5.75 Å². The number of aryl methyl sites for hydroxylation is 1. The lowest BCUT2D eigenvalue weighted by Gasteiger charge is -2.18. The Labute approximate surface area is 143 Å². The number of nitrogens with one attached hydrogen (secondary N) is 1. The van der Waals surface area contributed by atoms with Crippen LogP contribution in [0.3, 0.4) is 0 Å². The summed E-state index contributed by atoms with van der Waals surface area (Å²) in [6.07, 6.45) is -0.0131. The monoisotopic (exact) mass is 327 g/mol. The third kappa shape index (κ3) is 4.59. The molecule has 0 aliphatic heterocycles. The summed E-state index contributed by atoms with van der Waals surface area (Å²) in [7, 11) is 1.62. The maximum absolute atomic E-state index is 12.5. The van der Waals surface area contributed by atoms with Crippen LogP contribution < -0.4 is 10.1 Å². The number of aliphatic hydroxyl groups is 1. The molecule has 0 fully saturated rings. The maximum Gasteiger partial charge on any atom is 0.227 e. The van der Waals surface area contributed by atoms with Crippen molar-refractivity contribution in [3.8, 4) is 5.75 Å². The zero-order chi connectivity index (χ0) is 17.5. The van der Waals surface area contributed by atoms with Crippen LogP contribution in [0.2, 0.25) is 0 Å². The quantitative estimate of drug-likeness (QED) is 0.820. The lowest BCUT2D eigenvalue weighted by atomic mass is 9.95. The van der Waals surface area contributed by atoms with Gasteiger partial charge in [-0.15, -0.1) is 0 Å². The van der Waals surface area contributed by atoms with Crippen LogP contribution in [0.25, 0.3) is 0 Å². The van der Waals surface area contributed by atoms with Crippen molar-refractivity contribution in [1.29, 1.82) is 0 Å². The molecule has 0 saturated carbocycles. The molecule has 2 N–H and O–H groups in total. The largest absolute Gasteiger partial charge is 0.497 e. The molecule has 2 aromatic carbocycles. The molecule has 2 rings (SSSR count). The Morgan fingerprint density at radius 2 is 1.88 bits per heavy atom. The number of carbonyl (C=O) groups is 1. The highest BCUT2D eigenvalue weighted by molar-refractivity contribution is 5.83. The molecule has 1 amide bonds. The van der Waals surface area contributed by atoms with Gasteiger partial charge in [0.2, 0.25) is 5.91 Å². The zero-order valence-corrected chi connectivity index (χ0v) is 14.5. The number of benzene rings is 2. The van der Waals surface area contributed by atoms with Crippen molar-refractivity contribution in [1.82, 2.24) is 5.32 Å². The summed E-state index contributed by atoms with van der Waals surface area (Å²) in [6, 6.07) is 15.2. The van der Waals surface area contributed by atoms with Gasteiger partial charge in [-0.1, -0.05) is 48.9 Å². The number of hydrogen-bond donors (Lipinski definition) is 2. The molecule has 0 heterocycles. The van der Waals surface area contributed by atoms with E-state index in [1.807, 2.05) is 62.4 Å². The zero-order valence-electron chi connectivity index (χ0n) is 14.5. The molecule has 2 unspecified atom stereocenters. The van der Waals surface area contributed by atoms with Gasteiger partial charge in [-0.3, -0.25) is 4.79 Å². The molecule has 0 saturated heterocycles. The fourth-order valence-corrected chi connectivity index (χ4v) is 2.72. The summed E-state index contributed by atoms with van der Waals surface area (Å²) in [5, 5.41) is 13.1. The van der Waals surface area contributed by atoms with E-state index in [0.717, 1.165) is 22.4 Å². The first kappa shape index (κ1) is 18.0. The van der Waals surface area contributed by atoms with E-state index in [4.69, 9.17) is 4.74 Å². The molecule has 2 aromatic rings. The summed E-state index contributed by atoms with van der Waals surface area (Å²) in [5.41, 5.74) is 2.84. The third-order valence-corrected chi connectivity index (χ3v) is 4.14. The number of methoxy groups -OCH3 is 1. The minimum Gasteiger partial charge on any atom is -0.497 e. The summed E-state index contributed by atoms with van der Waals surface area (Å²) in [4.78, 5) is 12.5. The number of aliphatic hydroxyl groups excluding tert-OH is 1. The SMILES string of the molecule is CCC(C(=O)NCC(O)c1cccc(C)c1)c1ccc(OC)cc1. The van der Waals surface area contributed by atoms with Gasteiger partial charge in [0.1, 0.15) is 5.75 Å². The molecule has 4 nitrogen and oxygen atoms in total. The lowest BCUT2D eigenvalue weighted by molar-refractivity contribution is -0.123. The summed E-state index contributed by atoms with van der Waals surface area (Å²) in [6.45, 7) is 4.16. The first-order chi connectivity index (χ1) is 11.5. The minimum absolute atomic E-state index is 0.0747. The molecule has 128 valence electrons. The van der Waals surface area contributed by atoms with Gasteiger partial charge in [0.25, 0.3) is 0 Å². The maximum atomic E-state index is 12.5. The Balaban J connectivity index is 1.98.